The number of hydrogen-bond donors (Lipinski definition) is 0. The number of methoxy groups -OCH3 is 1. The van der Waals surface area contributed by atoms with Gasteiger partial charge in [0.05, 0.1) is 12.1 Å². The topological polar surface area (TPSA) is 76.2 Å². The second kappa shape index (κ2) is 14.0. The summed E-state index contributed by atoms with van der Waals surface area (Å²) in [4.78, 5) is 43.1. The van der Waals surface area contributed by atoms with E-state index in [1.807, 2.05) is 62.1 Å². The maximum absolute atomic E-state index is 14.8. The number of halogens is 2. The fourth-order valence-corrected chi connectivity index (χ4v) is 7.64. The zero-order chi connectivity index (χ0) is 34.0. The standard InChI is InChI=1S/C37H40ClFN2O5S/c1-22(42)23-9-7-10-24(19-23)25-13-18-30(45-6)26(20-25)21-41(35(43)34-33(38)32-29(39)11-8-12-31(32)47-34)28-16-14-27(15-17-28)40(5)36(44)46-37(2,3)4/h7-13,18-20,27-28H,14-17,21H2,1-6H3. The van der Waals surface area contributed by atoms with E-state index in [4.69, 9.17) is 21.1 Å². The predicted molar refractivity (Wildman–Crippen MR) is 185 cm³/mol. The highest BCUT2D eigenvalue weighted by atomic mass is 35.5. The Labute approximate surface area is 284 Å². The summed E-state index contributed by atoms with van der Waals surface area (Å²) in [7, 11) is 3.34. The van der Waals surface area contributed by atoms with E-state index in [-0.39, 0.29) is 51.7 Å². The summed E-state index contributed by atoms with van der Waals surface area (Å²) < 4.78 is 26.8. The Bertz CT molecular complexity index is 1810. The van der Waals surface area contributed by atoms with Crippen LogP contribution in [0.1, 0.15) is 79.0 Å². The summed E-state index contributed by atoms with van der Waals surface area (Å²) >= 11 is 7.89. The molecule has 1 aromatic heterocycles. The van der Waals surface area contributed by atoms with Crippen molar-refractivity contribution in [3.05, 3.63) is 87.5 Å². The molecule has 3 aromatic carbocycles. The van der Waals surface area contributed by atoms with Gasteiger partial charge in [0.1, 0.15) is 22.0 Å². The number of carbonyl (C=O) groups excluding carboxylic acids is 3. The summed E-state index contributed by atoms with van der Waals surface area (Å²) in [6, 6.07) is 17.7. The Balaban J connectivity index is 1.49. The van der Waals surface area contributed by atoms with Gasteiger partial charge in [-0.1, -0.05) is 41.9 Å². The van der Waals surface area contributed by atoms with E-state index in [0.717, 1.165) is 16.7 Å². The molecule has 10 heteroatoms. The van der Waals surface area contributed by atoms with Crippen LogP contribution >= 0.6 is 22.9 Å². The van der Waals surface area contributed by atoms with Crippen LogP contribution in [0.25, 0.3) is 21.2 Å². The second-order valence-electron chi connectivity index (χ2n) is 13.0. The number of thiophene rings is 1. The van der Waals surface area contributed by atoms with Crippen molar-refractivity contribution in [3.63, 3.8) is 0 Å². The Morgan fingerprint density at radius 1 is 0.957 bits per heavy atom. The predicted octanol–water partition coefficient (Wildman–Crippen LogP) is 9.39. The molecule has 47 heavy (non-hydrogen) atoms. The van der Waals surface area contributed by atoms with Crippen molar-refractivity contribution in [2.24, 2.45) is 0 Å². The molecular formula is C37H40ClFN2O5S. The zero-order valence-corrected chi connectivity index (χ0v) is 29.1. The number of nitrogens with zero attached hydrogens (tertiary/aromatic N) is 2. The van der Waals surface area contributed by atoms with E-state index >= 15 is 0 Å². The minimum atomic E-state index is -0.601. The molecule has 1 saturated carbocycles. The molecular weight excluding hydrogens is 639 g/mol. The van der Waals surface area contributed by atoms with Gasteiger partial charge in [0.2, 0.25) is 0 Å². The SMILES string of the molecule is COc1ccc(-c2cccc(C(C)=O)c2)cc1CN(C(=O)c1sc2cccc(F)c2c1Cl)C1CCC(N(C)C(=O)OC(C)(C)C)CC1. The van der Waals surface area contributed by atoms with Crippen LogP contribution in [0.15, 0.2) is 60.7 Å². The Morgan fingerprint density at radius 3 is 2.26 bits per heavy atom. The fraction of sp³-hybridized carbons (Fsp3) is 0.378. The third-order valence-corrected chi connectivity index (χ3v) is 10.3. The smallest absolute Gasteiger partial charge is 0.410 e. The molecule has 0 radical (unpaired) electrons. The molecule has 1 aliphatic rings. The maximum Gasteiger partial charge on any atom is 0.410 e. The second-order valence-corrected chi connectivity index (χ2v) is 14.4. The normalized spacial score (nSPS) is 16.5. The number of Topliss-reactive ketones (excluding diaryl/α,β-unsaturated/α-hetero) is 1. The van der Waals surface area contributed by atoms with Crippen LogP contribution in [-0.2, 0) is 11.3 Å². The molecule has 248 valence electrons. The molecule has 0 N–H and O–H groups in total. The zero-order valence-electron chi connectivity index (χ0n) is 27.6. The first kappa shape index (κ1) is 34.4. The van der Waals surface area contributed by atoms with Gasteiger partial charge in [-0.25, -0.2) is 9.18 Å². The first-order chi connectivity index (χ1) is 22.3. The van der Waals surface area contributed by atoms with Crippen LogP contribution in [0.2, 0.25) is 5.02 Å². The van der Waals surface area contributed by atoms with Gasteiger partial charge in [-0.2, -0.15) is 0 Å². The fourth-order valence-electron chi connectivity index (χ4n) is 6.13. The molecule has 5 rings (SSSR count). The highest BCUT2D eigenvalue weighted by Gasteiger charge is 2.35. The van der Waals surface area contributed by atoms with Crippen molar-refractivity contribution >= 4 is 50.8 Å². The molecule has 7 nitrogen and oxygen atoms in total. The number of fused-ring (bicyclic) bond motifs is 1. The summed E-state index contributed by atoms with van der Waals surface area (Å²) in [6.07, 6.45) is 2.26. The Morgan fingerprint density at radius 2 is 1.62 bits per heavy atom. The van der Waals surface area contributed by atoms with Crippen LogP contribution in [0, 0.1) is 5.82 Å². The van der Waals surface area contributed by atoms with Crippen molar-refractivity contribution in [3.8, 4) is 16.9 Å². The van der Waals surface area contributed by atoms with Crippen molar-refractivity contribution in [2.45, 2.75) is 77.6 Å². The Kier molecular flexibility index (Phi) is 10.3. The van der Waals surface area contributed by atoms with Gasteiger partial charge < -0.3 is 19.3 Å². The van der Waals surface area contributed by atoms with Gasteiger partial charge in [-0.3, -0.25) is 9.59 Å². The largest absolute Gasteiger partial charge is 0.496 e. The van der Waals surface area contributed by atoms with E-state index in [1.165, 1.54) is 24.3 Å². The Hall–Kier alpha value is -3.95. The van der Waals surface area contributed by atoms with Crippen LogP contribution in [0.5, 0.6) is 5.75 Å². The van der Waals surface area contributed by atoms with E-state index in [9.17, 15) is 18.8 Å². The first-order valence-corrected chi connectivity index (χ1v) is 16.9. The van der Waals surface area contributed by atoms with Crippen molar-refractivity contribution < 1.29 is 28.2 Å². The third-order valence-electron chi connectivity index (χ3n) is 8.62. The summed E-state index contributed by atoms with van der Waals surface area (Å²) in [5.41, 5.74) is 2.53. The number of benzene rings is 3. The van der Waals surface area contributed by atoms with Gasteiger partial charge in [-0.15, -0.1) is 11.3 Å². The quantitative estimate of drug-likeness (QED) is 0.174. The number of rotatable bonds is 8. The first-order valence-electron chi connectivity index (χ1n) is 15.7. The molecule has 2 amide bonds. The molecule has 4 aromatic rings. The van der Waals surface area contributed by atoms with Crippen LogP contribution < -0.4 is 4.74 Å². The molecule has 0 atom stereocenters. The van der Waals surface area contributed by atoms with Crippen LogP contribution in [0.3, 0.4) is 0 Å². The van der Waals surface area contributed by atoms with E-state index in [0.29, 0.717) is 41.7 Å². The summed E-state index contributed by atoms with van der Waals surface area (Å²) in [6.45, 7) is 7.27. The van der Waals surface area contributed by atoms with Gasteiger partial charge in [0.25, 0.3) is 5.91 Å². The molecule has 0 bridgehead atoms. The number of carbonyl (C=O) groups is 3. The third kappa shape index (κ3) is 7.63. The van der Waals surface area contributed by atoms with E-state index in [1.54, 1.807) is 37.3 Å². The number of ketones is 1. The average Bonchev–Trinajstić information content (AvgIpc) is 3.39. The number of hydrogen-bond acceptors (Lipinski definition) is 6. The van der Waals surface area contributed by atoms with Crippen LogP contribution in [0.4, 0.5) is 9.18 Å². The molecule has 0 unspecified atom stereocenters. The van der Waals surface area contributed by atoms with Crippen molar-refractivity contribution in [1.29, 1.82) is 0 Å². The molecule has 0 aliphatic heterocycles. The highest BCUT2D eigenvalue weighted by Crippen LogP contribution is 2.40. The minimum Gasteiger partial charge on any atom is -0.496 e. The monoisotopic (exact) mass is 678 g/mol. The maximum atomic E-state index is 14.8. The lowest BCUT2D eigenvalue weighted by molar-refractivity contribution is 0.0144. The van der Waals surface area contributed by atoms with Gasteiger partial charge in [0.15, 0.2) is 5.78 Å². The molecule has 0 spiro atoms. The summed E-state index contributed by atoms with van der Waals surface area (Å²) in [5, 5.41) is 0.355. The van der Waals surface area contributed by atoms with Gasteiger partial charge in [0, 0.05) is 46.9 Å². The van der Waals surface area contributed by atoms with Gasteiger partial charge >= 0.3 is 6.09 Å². The lowest BCUT2D eigenvalue weighted by Gasteiger charge is -2.40. The highest BCUT2D eigenvalue weighted by molar-refractivity contribution is 7.21. The van der Waals surface area contributed by atoms with Gasteiger partial charge in [-0.05, 0) is 94.8 Å². The van der Waals surface area contributed by atoms with E-state index < -0.39 is 11.4 Å². The lowest BCUT2D eigenvalue weighted by Crippen LogP contribution is -2.47. The number of ether oxygens (including phenoxy) is 2. The van der Waals surface area contributed by atoms with Crippen molar-refractivity contribution in [2.75, 3.05) is 14.2 Å². The molecule has 1 heterocycles. The van der Waals surface area contributed by atoms with E-state index in [2.05, 4.69) is 0 Å². The average molecular weight is 679 g/mol. The van der Waals surface area contributed by atoms with Crippen molar-refractivity contribution in [1.82, 2.24) is 9.80 Å². The minimum absolute atomic E-state index is 0.0260. The molecule has 0 saturated heterocycles. The van der Waals surface area contributed by atoms with Crippen LogP contribution in [-0.4, -0.2) is 59.4 Å². The lowest BCUT2D eigenvalue weighted by atomic mass is 9.89. The molecule has 1 fully saturated rings. The number of amides is 2. The molecule has 1 aliphatic carbocycles. The summed E-state index contributed by atoms with van der Waals surface area (Å²) in [5.74, 6) is -0.171.